The molecule has 0 spiro atoms. The van der Waals surface area contributed by atoms with Gasteiger partial charge in [-0.15, -0.1) is 0 Å². The van der Waals surface area contributed by atoms with Crippen molar-refractivity contribution >= 4 is 10.9 Å². The van der Waals surface area contributed by atoms with Crippen LogP contribution >= 0.6 is 0 Å². The van der Waals surface area contributed by atoms with Gasteiger partial charge in [0.2, 0.25) is 0 Å². The number of methoxy groups -OCH3 is 3. The normalized spacial score (nSPS) is 23.3. The first kappa shape index (κ1) is 15.2. The number of fused-ring (bicyclic) bond motifs is 3. The molecule has 1 heterocycles. The first-order valence-electron chi connectivity index (χ1n) is 7.31. The third-order valence-corrected chi connectivity index (χ3v) is 4.65. The lowest BCUT2D eigenvalue weighted by Crippen LogP contribution is -2.45. The third-order valence-electron chi connectivity index (χ3n) is 4.65. The summed E-state index contributed by atoms with van der Waals surface area (Å²) in [5.74, 6) is -0.140. The van der Waals surface area contributed by atoms with Gasteiger partial charge in [-0.25, -0.2) is 0 Å². The second kappa shape index (κ2) is 5.50. The highest BCUT2D eigenvalue weighted by Gasteiger charge is 2.47. The van der Waals surface area contributed by atoms with Crippen LogP contribution in [0, 0.1) is 0 Å². The molecule has 0 saturated carbocycles. The zero-order valence-electron chi connectivity index (χ0n) is 13.3. The molecule has 0 unspecified atom stereocenters. The molecule has 2 aromatic rings. The topological polar surface area (TPSA) is 60.8 Å². The number of rotatable bonds is 3. The number of nitrogens with zero attached hydrogens (tertiary/aromatic N) is 1. The minimum absolute atomic E-state index is 0.168. The first-order valence-corrected chi connectivity index (χ1v) is 7.31. The third kappa shape index (κ3) is 2.08. The maximum absolute atomic E-state index is 10.9. The summed E-state index contributed by atoms with van der Waals surface area (Å²) in [5, 5.41) is 11.8. The number of hydrogen-bond donors (Lipinski definition) is 1. The van der Waals surface area contributed by atoms with Crippen molar-refractivity contribution in [1.29, 1.82) is 0 Å². The Balaban J connectivity index is 2.29. The number of ether oxygens (including phenoxy) is 3. The van der Waals surface area contributed by atoms with Crippen molar-refractivity contribution < 1.29 is 19.3 Å². The number of benzene rings is 1. The van der Waals surface area contributed by atoms with E-state index >= 15 is 0 Å². The molecular formula is C17H21NO4. The zero-order chi connectivity index (χ0) is 15.9. The summed E-state index contributed by atoms with van der Waals surface area (Å²) in [7, 11) is 4.75. The number of aromatic nitrogens is 1. The Morgan fingerprint density at radius 2 is 1.95 bits per heavy atom. The van der Waals surface area contributed by atoms with E-state index in [1.807, 2.05) is 24.4 Å². The molecule has 0 bridgehead atoms. The van der Waals surface area contributed by atoms with Crippen LogP contribution in [0.4, 0.5) is 0 Å². The summed E-state index contributed by atoms with van der Waals surface area (Å²) in [6.07, 6.45) is 1.53. The van der Waals surface area contributed by atoms with Crippen molar-refractivity contribution in [1.82, 2.24) is 4.98 Å². The first-order chi connectivity index (χ1) is 10.6. The zero-order valence-corrected chi connectivity index (χ0v) is 13.3. The highest BCUT2D eigenvalue weighted by atomic mass is 16.7. The number of aliphatic hydroxyl groups excluding tert-OH is 1. The van der Waals surface area contributed by atoms with E-state index in [1.54, 1.807) is 21.3 Å². The van der Waals surface area contributed by atoms with Gasteiger partial charge in [0.25, 0.3) is 0 Å². The van der Waals surface area contributed by atoms with Gasteiger partial charge in [0.15, 0.2) is 5.79 Å². The number of aliphatic hydroxyl groups is 1. The van der Waals surface area contributed by atoms with E-state index in [9.17, 15) is 5.11 Å². The van der Waals surface area contributed by atoms with Crippen molar-refractivity contribution in [2.24, 2.45) is 0 Å². The molecular weight excluding hydrogens is 282 g/mol. The van der Waals surface area contributed by atoms with Crippen LogP contribution in [-0.2, 0) is 9.47 Å². The molecule has 3 rings (SSSR count). The molecule has 22 heavy (non-hydrogen) atoms. The predicted molar refractivity (Wildman–Crippen MR) is 83.0 cm³/mol. The van der Waals surface area contributed by atoms with Crippen molar-refractivity contribution in [3.05, 3.63) is 35.5 Å². The summed E-state index contributed by atoms with van der Waals surface area (Å²) in [4.78, 5) is 4.51. The molecule has 1 aromatic carbocycles. The molecule has 0 fully saturated rings. The van der Waals surface area contributed by atoms with Crippen molar-refractivity contribution in [3.8, 4) is 5.75 Å². The van der Waals surface area contributed by atoms with Crippen LogP contribution in [0.2, 0.25) is 0 Å². The number of pyridine rings is 1. The van der Waals surface area contributed by atoms with E-state index in [0.29, 0.717) is 6.42 Å². The van der Waals surface area contributed by atoms with E-state index in [1.165, 1.54) is 0 Å². The van der Waals surface area contributed by atoms with Crippen molar-refractivity contribution in [3.63, 3.8) is 0 Å². The van der Waals surface area contributed by atoms with Gasteiger partial charge in [-0.1, -0.05) is 6.92 Å². The maximum Gasteiger partial charge on any atom is 0.198 e. The molecule has 118 valence electrons. The van der Waals surface area contributed by atoms with Crippen LogP contribution in [0.1, 0.15) is 36.5 Å². The molecule has 0 radical (unpaired) electrons. The highest BCUT2D eigenvalue weighted by Crippen LogP contribution is 2.48. The van der Waals surface area contributed by atoms with Gasteiger partial charge in [0.05, 0.1) is 12.6 Å². The SMILES string of the molecule is COc1ccc2ncc3c(c2c1)[C@@H](O)C(OC)(OC)C[C@H]3C. The molecule has 5 nitrogen and oxygen atoms in total. The molecule has 5 heteroatoms. The van der Waals surface area contributed by atoms with Crippen LogP contribution in [0.3, 0.4) is 0 Å². The van der Waals surface area contributed by atoms with Crippen LogP contribution in [0.5, 0.6) is 5.75 Å². The fourth-order valence-electron chi connectivity index (χ4n) is 3.37. The van der Waals surface area contributed by atoms with E-state index in [0.717, 1.165) is 27.8 Å². The summed E-state index contributed by atoms with van der Waals surface area (Å²) in [6.45, 7) is 2.09. The van der Waals surface area contributed by atoms with E-state index < -0.39 is 11.9 Å². The van der Waals surface area contributed by atoms with Gasteiger partial charge in [-0.3, -0.25) is 4.98 Å². The van der Waals surface area contributed by atoms with E-state index in [4.69, 9.17) is 14.2 Å². The average Bonchev–Trinajstić information content (AvgIpc) is 2.56. The van der Waals surface area contributed by atoms with Gasteiger partial charge >= 0.3 is 0 Å². The maximum atomic E-state index is 10.9. The lowest BCUT2D eigenvalue weighted by Gasteiger charge is -2.42. The van der Waals surface area contributed by atoms with Crippen molar-refractivity contribution in [2.75, 3.05) is 21.3 Å². The molecule has 0 saturated heterocycles. The molecule has 1 aliphatic rings. The van der Waals surface area contributed by atoms with Crippen LogP contribution in [0.25, 0.3) is 10.9 Å². The Hall–Kier alpha value is -1.69. The summed E-state index contributed by atoms with van der Waals surface area (Å²) >= 11 is 0. The van der Waals surface area contributed by atoms with Crippen LogP contribution < -0.4 is 4.74 Å². The van der Waals surface area contributed by atoms with Gasteiger partial charge in [0, 0.05) is 37.8 Å². The summed E-state index contributed by atoms with van der Waals surface area (Å²) < 4.78 is 16.4. The second-order valence-electron chi connectivity index (χ2n) is 5.74. The Morgan fingerprint density at radius 1 is 1.23 bits per heavy atom. The average molecular weight is 303 g/mol. The molecule has 1 aliphatic carbocycles. The van der Waals surface area contributed by atoms with Gasteiger partial charge in [-0.05, 0) is 29.7 Å². The number of hydrogen-bond acceptors (Lipinski definition) is 5. The quantitative estimate of drug-likeness (QED) is 0.884. The van der Waals surface area contributed by atoms with Gasteiger partial charge in [-0.2, -0.15) is 0 Å². The molecule has 1 aromatic heterocycles. The summed E-state index contributed by atoms with van der Waals surface area (Å²) in [5.41, 5.74) is 2.65. The lowest BCUT2D eigenvalue weighted by atomic mass is 9.77. The van der Waals surface area contributed by atoms with Crippen LogP contribution in [-0.4, -0.2) is 37.2 Å². The van der Waals surface area contributed by atoms with Gasteiger partial charge in [0.1, 0.15) is 11.9 Å². The largest absolute Gasteiger partial charge is 0.497 e. The highest BCUT2D eigenvalue weighted by molar-refractivity contribution is 5.85. The van der Waals surface area contributed by atoms with Crippen molar-refractivity contribution in [2.45, 2.75) is 31.2 Å². The molecule has 1 N–H and O–H groups in total. The summed E-state index contributed by atoms with van der Waals surface area (Å²) in [6, 6.07) is 5.65. The Labute approximate surface area is 129 Å². The monoisotopic (exact) mass is 303 g/mol. The minimum Gasteiger partial charge on any atom is -0.497 e. The van der Waals surface area contributed by atoms with Gasteiger partial charge < -0.3 is 19.3 Å². The molecule has 0 aliphatic heterocycles. The fourth-order valence-corrected chi connectivity index (χ4v) is 3.37. The predicted octanol–water partition coefficient (Wildman–Crippen LogP) is 2.77. The van der Waals surface area contributed by atoms with E-state index in [2.05, 4.69) is 11.9 Å². The second-order valence-corrected chi connectivity index (χ2v) is 5.74. The van der Waals surface area contributed by atoms with E-state index in [-0.39, 0.29) is 5.92 Å². The Bertz CT molecular complexity index is 696. The Morgan fingerprint density at radius 3 is 2.59 bits per heavy atom. The molecule has 2 atom stereocenters. The lowest BCUT2D eigenvalue weighted by molar-refractivity contribution is -0.271. The Kier molecular flexibility index (Phi) is 3.80. The minimum atomic E-state index is -1.04. The molecule has 0 amide bonds. The standard InChI is InChI=1S/C17H21NO4/c1-10-8-17(21-3,22-4)16(19)15-12-7-11(20-2)5-6-14(12)18-9-13(10)15/h5-7,9-10,16,19H,8H2,1-4H3/t10-,16-/m1/s1. The fraction of sp³-hybridized carbons (Fsp3) is 0.471. The van der Waals surface area contributed by atoms with Crippen LogP contribution in [0.15, 0.2) is 24.4 Å². The smallest absolute Gasteiger partial charge is 0.198 e.